The Balaban J connectivity index is 1.71. The lowest BCUT2D eigenvalue weighted by Gasteiger charge is -2.41. The molecule has 122 valence electrons. The summed E-state index contributed by atoms with van der Waals surface area (Å²) in [5, 5.41) is 16.3. The highest BCUT2D eigenvalue weighted by atomic mass is 16.5. The summed E-state index contributed by atoms with van der Waals surface area (Å²) in [6.07, 6.45) is 4.45. The van der Waals surface area contributed by atoms with Crippen molar-refractivity contribution in [1.82, 2.24) is 10.6 Å². The van der Waals surface area contributed by atoms with E-state index >= 15 is 0 Å². The highest BCUT2D eigenvalue weighted by Gasteiger charge is 2.37. The highest BCUT2D eigenvalue weighted by Crippen LogP contribution is 2.41. The zero-order valence-corrected chi connectivity index (χ0v) is 13.6. The van der Waals surface area contributed by atoms with Crippen molar-refractivity contribution in [3.8, 4) is 0 Å². The Morgan fingerprint density at radius 3 is 2.48 bits per heavy atom. The SMILES string of the molecule is CC(C)(C)C1CCC(O)(CNC(=O)NC2CCOC2)CC1. The third-order valence-electron chi connectivity index (χ3n) is 4.98. The van der Waals surface area contributed by atoms with Gasteiger partial charge in [0.1, 0.15) is 0 Å². The molecule has 1 atom stereocenters. The van der Waals surface area contributed by atoms with E-state index in [4.69, 9.17) is 4.74 Å². The van der Waals surface area contributed by atoms with Gasteiger partial charge in [0.15, 0.2) is 0 Å². The van der Waals surface area contributed by atoms with Crippen LogP contribution in [0.25, 0.3) is 0 Å². The van der Waals surface area contributed by atoms with Gasteiger partial charge >= 0.3 is 6.03 Å². The first-order chi connectivity index (χ1) is 9.78. The summed E-state index contributed by atoms with van der Waals surface area (Å²) < 4.78 is 5.22. The lowest BCUT2D eigenvalue weighted by atomic mass is 9.68. The molecule has 1 saturated carbocycles. The molecule has 0 spiro atoms. The van der Waals surface area contributed by atoms with Gasteiger partial charge in [-0.1, -0.05) is 20.8 Å². The molecule has 1 aliphatic heterocycles. The molecule has 1 aliphatic carbocycles. The second-order valence-electron chi connectivity index (χ2n) is 7.75. The molecule has 3 N–H and O–H groups in total. The average Bonchev–Trinajstić information content (AvgIpc) is 2.89. The maximum absolute atomic E-state index is 11.8. The minimum absolute atomic E-state index is 0.108. The summed E-state index contributed by atoms with van der Waals surface area (Å²) in [5.74, 6) is 0.655. The summed E-state index contributed by atoms with van der Waals surface area (Å²) in [5.41, 5.74) is -0.445. The molecule has 0 aromatic heterocycles. The molecule has 0 bridgehead atoms. The van der Waals surface area contributed by atoms with Crippen LogP contribution in [-0.2, 0) is 4.74 Å². The normalized spacial score (nSPS) is 33.7. The van der Waals surface area contributed by atoms with E-state index in [2.05, 4.69) is 31.4 Å². The standard InChI is InChI=1S/C16H30N2O3/c1-15(2,3)12-4-7-16(20,8-5-12)11-17-14(19)18-13-6-9-21-10-13/h12-13,20H,4-11H2,1-3H3,(H2,17,18,19). The van der Waals surface area contributed by atoms with Crippen molar-refractivity contribution in [3.05, 3.63) is 0 Å². The number of nitrogens with one attached hydrogen (secondary N) is 2. The van der Waals surface area contributed by atoms with Crippen molar-refractivity contribution in [2.75, 3.05) is 19.8 Å². The summed E-state index contributed by atoms with van der Waals surface area (Å²) in [6.45, 7) is 8.42. The van der Waals surface area contributed by atoms with Crippen LogP contribution in [0.2, 0.25) is 0 Å². The zero-order valence-electron chi connectivity index (χ0n) is 13.6. The molecule has 1 heterocycles. The van der Waals surface area contributed by atoms with Crippen molar-refractivity contribution in [2.24, 2.45) is 11.3 Å². The van der Waals surface area contributed by atoms with Crippen LogP contribution in [0.1, 0.15) is 52.9 Å². The fourth-order valence-electron chi connectivity index (χ4n) is 3.33. The van der Waals surface area contributed by atoms with Crippen molar-refractivity contribution >= 4 is 6.03 Å². The van der Waals surface area contributed by atoms with E-state index in [1.165, 1.54) is 0 Å². The Morgan fingerprint density at radius 1 is 1.29 bits per heavy atom. The van der Waals surface area contributed by atoms with Crippen molar-refractivity contribution < 1.29 is 14.6 Å². The molecule has 2 fully saturated rings. The minimum Gasteiger partial charge on any atom is -0.388 e. The third-order valence-corrected chi connectivity index (χ3v) is 4.98. The molecule has 1 unspecified atom stereocenters. The minimum atomic E-state index is -0.745. The smallest absolute Gasteiger partial charge is 0.315 e. The number of carbonyl (C=O) groups is 1. The molecule has 0 aromatic rings. The largest absolute Gasteiger partial charge is 0.388 e. The van der Waals surface area contributed by atoms with Crippen LogP contribution in [0.4, 0.5) is 4.79 Å². The average molecular weight is 298 g/mol. The Bertz CT molecular complexity index is 351. The predicted octanol–water partition coefficient (Wildman–Crippen LogP) is 2.04. The van der Waals surface area contributed by atoms with Gasteiger partial charge in [0.05, 0.1) is 18.2 Å². The van der Waals surface area contributed by atoms with Crippen LogP contribution in [0, 0.1) is 11.3 Å². The summed E-state index contributed by atoms with van der Waals surface area (Å²) >= 11 is 0. The molecule has 5 heteroatoms. The fourth-order valence-corrected chi connectivity index (χ4v) is 3.33. The van der Waals surface area contributed by atoms with Gasteiger partial charge in [-0.25, -0.2) is 4.79 Å². The van der Waals surface area contributed by atoms with Crippen LogP contribution in [0.5, 0.6) is 0 Å². The van der Waals surface area contributed by atoms with Crippen LogP contribution in [0.3, 0.4) is 0 Å². The lowest BCUT2D eigenvalue weighted by Crippen LogP contribution is -2.50. The first-order valence-corrected chi connectivity index (χ1v) is 8.13. The van der Waals surface area contributed by atoms with Crippen LogP contribution in [-0.4, -0.2) is 42.5 Å². The quantitative estimate of drug-likeness (QED) is 0.747. The molecule has 21 heavy (non-hydrogen) atoms. The van der Waals surface area contributed by atoms with Gasteiger partial charge in [0, 0.05) is 13.2 Å². The maximum Gasteiger partial charge on any atom is 0.315 e. The molecule has 2 rings (SSSR count). The van der Waals surface area contributed by atoms with Crippen molar-refractivity contribution in [1.29, 1.82) is 0 Å². The number of hydrogen-bond donors (Lipinski definition) is 3. The number of ether oxygens (including phenoxy) is 1. The van der Waals surface area contributed by atoms with Gasteiger partial charge in [-0.2, -0.15) is 0 Å². The van der Waals surface area contributed by atoms with E-state index in [1.807, 2.05) is 0 Å². The van der Waals surface area contributed by atoms with E-state index in [-0.39, 0.29) is 12.1 Å². The predicted molar refractivity (Wildman–Crippen MR) is 82.1 cm³/mol. The maximum atomic E-state index is 11.8. The van der Waals surface area contributed by atoms with E-state index in [1.54, 1.807) is 0 Å². The van der Waals surface area contributed by atoms with Crippen molar-refractivity contribution in [2.45, 2.75) is 64.5 Å². The Morgan fingerprint density at radius 2 is 1.95 bits per heavy atom. The topological polar surface area (TPSA) is 70.6 Å². The summed E-state index contributed by atoms with van der Waals surface area (Å²) in [4.78, 5) is 11.8. The van der Waals surface area contributed by atoms with Crippen LogP contribution >= 0.6 is 0 Å². The Kier molecular flexibility index (Phi) is 5.15. The number of hydrogen-bond acceptors (Lipinski definition) is 3. The first-order valence-electron chi connectivity index (χ1n) is 8.13. The second kappa shape index (κ2) is 6.53. The molecular weight excluding hydrogens is 268 g/mol. The van der Waals surface area contributed by atoms with E-state index in [9.17, 15) is 9.90 Å². The highest BCUT2D eigenvalue weighted by molar-refractivity contribution is 5.74. The molecule has 2 aliphatic rings. The van der Waals surface area contributed by atoms with E-state index < -0.39 is 5.60 Å². The number of aliphatic hydroxyl groups is 1. The number of rotatable bonds is 3. The van der Waals surface area contributed by atoms with Crippen LogP contribution in [0.15, 0.2) is 0 Å². The molecule has 0 radical (unpaired) electrons. The first kappa shape index (κ1) is 16.6. The molecular formula is C16H30N2O3. The van der Waals surface area contributed by atoms with Gasteiger partial charge in [-0.3, -0.25) is 0 Å². The molecule has 1 saturated heterocycles. The van der Waals surface area contributed by atoms with Gasteiger partial charge in [-0.15, -0.1) is 0 Å². The number of amides is 2. The summed E-state index contributed by atoms with van der Waals surface area (Å²) in [6, 6.07) is -0.0897. The molecule has 5 nitrogen and oxygen atoms in total. The van der Waals surface area contributed by atoms with Crippen molar-refractivity contribution in [3.63, 3.8) is 0 Å². The lowest BCUT2D eigenvalue weighted by molar-refractivity contribution is -0.0219. The Labute approximate surface area is 127 Å². The van der Waals surface area contributed by atoms with E-state index in [0.717, 1.165) is 32.1 Å². The monoisotopic (exact) mass is 298 g/mol. The Hall–Kier alpha value is -0.810. The number of urea groups is 1. The van der Waals surface area contributed by atoms with Gasteiger partial charge in [0.2, 0.25) is 0 Å². The zero-order chi connectivity index (χ0) is 15.5. The van der Waals surface area contributed by atoms with Gasteiger partial charge in [-0.05, 0) is 43.4 Å². The third kappa shape index (κ3) is 4.85. The molecule has 0 aromatic carbocycles. The van der Waals surface area contributed by atoms with Crippen LogP contribution < -0.4 is 10.6 Å². The fraction of sp³-hybridized carbons (Fsp3) is 0.938. The number of carbonyl (C=O) groups excluding carboxylic acids is 1. The summed E-state index contributed by atoms with van der Waals surface area (Å²) in [7, 11) is 0. The molecule has 2 amide bonds. The van der Waals surface area contributed by atoms with E-state index in [0.29, 0.717) is 31.1 Å². The van der Waals surface area contributed by atoms with Gasteiger partial charge < -0.3 is 20.5 Å². The second-order valence-corrected chi connectivity index (χ2v) is 7.75. The van der Waals surface area contributed by atoms with Gasteiger partial charge in [0.25, 0.3) is 0 Å².